The number of amides is 2. The number of carbonyl (C=O) groups excluding carboxylic acids is 1. The lowest BCUT2D eigenvalue weighted by Crippen LogP contribution is -2.34. The number of anilines is 1. The zero-order valence-electron chi connectivity index (χ0n) is 16.8. The number of nitrogens with one attached hydrogen (secondary N) is 1. The molecule has 0 spiro atoms. The Bertz CT molecular complexity index is 789. The minimum absolute atomic E-state index is 0.132. The van der Waals surface area contributed by atoms with Crippen molar-refractivity contribution in [3.05, 3.63) is 64.7 Å². The van der Waals surface area contributed by atoms with Gasteiger partial charge in [0.1, 0.15) is 0 Å². The van der Waals surface area contributed by atoms with Gasteiger partial charge in [0.15, 0.2) is 0 Å². The topological polar surface area (TPSA) is 35.6 Å². The van der Waals surface area contributed by atoms with Gasteiger partial charge < -0.3 is 10.2 Å². The Morgan fingerprint density at radius 3 is 2.32 bits per heavy atom. The average Bonchev–Trinajstić information content (AvgIpc) is 2.71. The van der Waals surface area contributed by atoms with Crippen molar-refractivity contribution < 1.29 is 4.79 Å². The van der Waals surface area contributed by atoms with E-state index in [-0.39, 0.29) is 6.03 Å². The second-order valence-corrected chi connectivity index (χ2v) is 8.15. The normalized spacial score (nSPS) is 14.9. The molecule has 4 nitrogen and oxygen atoms in total. The third-order valence-corrected chi connectivity index (χ3v) is 5.96. The molecule has 3 rings (SSSR count). The summed E-state index contributed by atoms with van der Waals surface area (Å²) in [5, 5.41) is 3.75. The van der Waals surface area contributed by atoms with Crippen LogP contribution in [0.5, 0.6) is 0 Å². The summed E-state index contributed by atoms with van der Waals surface area (Å²) in [6.07, 6.45) is 6.53. The molecule has 0 aromatic heterocycles. The number of hydrogen-bond donors (Lipinski definition) is 1. The van der Waals surface area contributed by atoms with E-state index in [4.69, 9.17) is 11.6 Å². The van der Waals surface area contributed by atoms with Gasteiger partial charge in [0.25, 0.3) is 0 Å². The van der Waals surface area contributed by atoms with Crippen LogP contribution in [-0.2, 0) is 13.1 Å². The summed E-state index contributed by atoms with van der Waals surface area (Å²) in [4.78, 5) is 16.8. The lowest BCUT2D eigenvalue weighted by Gasteiger charge is -2.31. The molecule has 1 aliphatic rings. The van der Waals surface area contributed by atoms with Gasteiger partial charge in [-0.05, 0) is 43.1 Å². The number of benzene rings is 2. The first kappa shape index (κ1) is 20.7. The second kappa shape index (κ2) is 9.94. The number of halogens is 1. The maximum Gasteiger partial charge on any atom is 0.321 e. The van der Waals surface area contributed by atoms with Crippen LogP contribution in [0.1, 0.15) is 43.2 Å². The van der Waals surface area contributed by atoms with E-state index in [1.807, 2.05) is 42.5 Å². The van der Waals surface area contributed by atoms with Crippen LogP contribution in [0, 0.1) is 0 Å². The molecule has 0 unspecified atom stereocenters. The fourth-order valence-electron chi connectivity index (χ4n) is 3.86. The second-order valence-electron chi connectivity index (χ2n) is 7.74. The predicted octanol–water partition coefficient (Wildman–Crippen LogP) is 5.77. The first-order valence-corrected chi connectivity index (χ1v) is 10.5. The summed E-state index contributed by atoms with van der Waals surface area (Å²) < 4.78 is 0. The molecule has 5 heteroatoms. The number of nitrogens with zero attached hydrogens (tertiary/aromatic N) is 2. The van der Waals surface area contributed by atoms with E-state index in [2.05, 4.69) is 23.3 Å². The zero-order chi connectivity index (χ0) is 19.9. The van der Waals surface area contributed by atoms with E-state index in [0.29, 0.717) is 17.6 Å². The SMILES string of the molecule is CN(Cc1ccccc1Cl)C(=O)Nc1ccccc1CN(C)C1CCCCC1. The Hall–Kier alpha value is -2.04. The van der Waals surface area contributed by atoms with E-state index in [9.17, 15) is 4.79 Å². The van der Waals surface area contributed by atoms with Crippen LogP contribution in [0.3, 0.4) is 0 Å². The van der Waals surface area contributed by atoms with Crippen molar-refractivity contribution in [3.63, 3.8) is 0 Å². The highest BCUT2D eigenvalue weighted by Gasteiger charge is 2.19. The van der Waals surface area contributed by atoms with Crippen molar-refractivity contribution >= 4 is 23.3 Å². The van der Waals surface area contributed by atoms with E-state index in [1.165, 1.54) is 32.1 Å². The summed E-state index contributed by atoms with van der Waals surface area (Å²) >= 11 is 6.23. The van der Waals surface area contributed by atoms with Gasteiger partial charge >= 0.3 is 6.03 Å². The van der Waals surface area contributed by atoms with Gasteiger partial charge in [0, 0.05) is 36.9 Å². The van der Waals surface area contributed by atoms with Crippen molar-refractivity contribution in [2.75, 3.05) is 19.4 Å². The largest absolute Gasteiger partial charge is 0.323 e. The highest BCUT2D eigenvalue weighted by molar-refractivity contribution is 6.31. The zero-order valence-corrected chi connectivity index (χ0v) is 17.6. The summed E-state index contributed by atoms with van der Waals surface area (Å²) in [6, 6.07) is 16.2. The Morgan fingerprint density at radius 2 is 1.61 bits per heavy atom. The van der Waals surface area contributed by atoms with Crippen molar-refractivity contribution in [3.8, 4) is 0 Å². The fraction of sp³-hybridized carbons (Fsp3) is 0.435. The summed E-state index contributed by atoms with van der Waals surface area (Å²) in [5.41, 5.74) is 2.96. The molecule has 150 valence electrons. The van der Waals surface area contributed by atoms with E-state index in [1.54, 1.807) is 11.9 Å². The van der Waals surface area contributed by atoms with E-state index >= 15 is 0 Å². The molecule has 0 saturated heterocycles. The molecule has 0 atom stereocenters. The molecule has 1 fully saturated rings. The maximum absolute atomic E-state index is 12.7. The van der Waals surface area contributed by atoms with Gasteiger partial charge in [-0.25, -0.2) is 4.79 Å². The highest BCUT2D eigenvalue weighted by atomic mass is 35.5. The van der Waals surface area contributed by atoms with E-state index in [0.717, 1.165) is 23.4 Å². The van der Waals surface area contributed by atoms with Crippen LogP contribution >= 0.6 is 11.6 Å². The van der Waals surface area contributed by atoms with Gasteiger partial charge in [0.05, 0.1) is 0 Å². The third kappa shape index (κ3) is 5.49. The average molecular weight is 400 g/mol. The number of urea groups is 1. The molecular formula is C23H30ClN3O. The molecule has 1 saturated carbocycles. The molecule has 2 aromatic carbocycles. The molecule has 0 heterocycles. The molecule has 0 bridgehead atoms. The quantitative estimate of drug-likeness (QED) is 0.669. The summed E-state index contributed by atoms with van der Waals surface area (Å²) in [6.45, 7) is 1.31. The summed E-state index contributed by atoms with van der Waals surface area (Å²) in [5.74, 6) is 0. The Morgan fingerprint density at radius 1 is 0.964 bits per heavy atom. The third-order valence-electron chi connectivity index (χ3n) is 5.59. The molecule has 2 aromatic rings. The lowest BCUT2D eigenvalue weighted by atomic mass is 9.94. The number of rotatable bonds is 6. The smallest absolute Gasteiger partial charge is 0.321 e. The van der Waals surface area contributed by atoms with Crippen molar-refractivity contribution in [1.82, 2.24) is 9.80 Å². The van der Waals surface area contributed by atoms with Crippen LogP contribution in [0.25, 0.3) is 0 Å². The van der Waals surface area contributed by atoms with Crippen molar-refractivity contribution in [2.45, 2.75) is 51.2 Å². The first-order chi connectivity index (χ1) is 13.5. The van der Waals surface area contributed by atoms with Gasteiger partial charge in [-0.2, -0.15) is 0 Å². The van der Waals surface area contributed by atoms with Crippen LogP contribution < -0.4 is 5.32 Å². The highest BCUT2D eigenvalue weighted by Crippen LogP contribution is 2.25. The Balaban J connectivity index is 1.63. The van der Waals surface area contributed by atoms with E-state index < -0.39 is 0 Å². The monoisotopic (exact) mass is 399 g/mol. The summed E-state index contributed by atoms with van der Waals surface area (Å²) in [7, 11) is 3.98. The van der Waals surface area contributed by atoms with Crippen molar-refractivity contribution in [1.29, 1.82) is 0 Å². The number of para-hydroxylation sites is 1. The minimum Gasteiger partial charge on any atom is -0.323 e. The standard InChI is InChI=1S/C23H30ClN3O/c1-26(20-12-4-3-5-13-20)17-19-11-7-9-15-22(19)25-23(28)27(2)16-18-10-6-8-14-21(18)24/h6-11,14-15,20H,3-5,12-13,16-17H2,1-2H3,(H,25,28). The van der Waals surface area contributed by atoms with Gasteiger partial charge in [0.2, 0.25) is 0 Å². The van der Waals surface area contributed by atoms with Crippen LogP contribution in [0.4, 0.5) is 10.5 Å². The Kier molecular flexibility index (Phi) is 7.35. The molecule has 2 amide bonds. The number of carbonyl (C=O) groups is 1. The van der Waals surface area contributed by atoms with Gasteiger partial charge in [-0.3, -0.25) is 4.90 Å². The van der Waals surface area contributed by atoms with Gasteiger partial charge in [-0.15, -0.1) is 0 Å². The maximum atomic E-state index is 12.7. The van der Waals surface area contributed by atoms with Crippen LogP contribution in [0.2, 0.25) is 5.02 Å². The first-order valence-electron chi connectivity index (χ1n) is 10.1. The lowest BCUT2D eigenvalue weighted by molar-refractivity contribution is 0.185. The molecule has 0 aliphatic heterocycles. The molecule has 1 aliphatic carbocycles. The molecule has 28 heavy (non-hydrogen) atoms. The predicted molar refractivity (Wildman–Crippen MR) is 117 cm³/mol. The molecular weight excluding hydrogens is 370 g/mol. The van der Waals surface area contributed by atoms with Gasteiger partial charge in [-0.1, -0.05) is 67.3 Å². The van der Waals surface area contributed by atoms with Crippen LogP contribution in [-0.4, -0.2) is 36.0 Å². The molecule has 1 N–H and O–H groups in total. The number of hydrogen-bond acceptors (Lipinski definition) is 2. The minimum atomic E-state index is -0.132. The molecule has 0 radical (unpaired) electrons. The van der Waals surface area contributed by atoms with Crippen LogP contribution in [0.15, 0.2) is 48.5 Å². The Labute approximate surface area is 173 Å². The van der Waals surface area contributed by atoms with Crippen molar-refractivity contribution in [2.24, 2.45) is 0 Å². The fourth-order valence-corrected chi connectivity index (χ4v) is 4.06.